The highest BCUT2D eigenvalue weighted by Crippen LogP contribution is 2.28. The number of hydrogen-bond acceptors (Lipinski definition) is 5. The second-order valence-electron chi connectivity index (χ2n) is 5.31. The summed E-state index contributed by atoms with van der Waals surface area (Å²) in [6.45, 7) is 2.42. The molecule has 0 fully saturated rings. The van der Waals surface area contributed by atoms with Gasteiger partial charge in [-0.1, -0.05) is 6.92 Å². The van der Waals surface area contributed by atoms with Crippen LogP contribution in [0.2, 0.25) is 0 Å². The number of fused-ring (bicyclic) bond motifs is 2. The van der Waals surface area contributed by atoms with Crippen LogP contribution in [-0.4, -0.2) is 16.6 Å². The third-order valence-electron chi connectivity index (χ3n) is 3.65. The minimum Gasteiger partial charge on any atom is -0.594 e. The third kappa shape index (κ3) is 2.02. The minimum atomic E-state index is -0.503. The topological polar surface area (TPSA) is 105 Å². The first-order chi connectivity index (χ1) is 9.08. The first-order valence-electron chi connectivity index (χ1n) is 6.47. The predicted octanol–water partition coefficient (Wildman–Crippen LogP) is -0.0436. The van der Waals surface area contributed by atoms with Crippen molar-refractivity contribution >= 4 is 11.0 Å². The summed E-state index contributed by atoms with van der Waals surface area (Å²) in [5.41, 5.74) is 14.9. The number of benzene rings is 1. The van der Waals surface area contributed by atoms with E-state index in [-0.39, 0.29) is 6.54 Å². The lowest BCUT2D eigenvalue weighted by Crippen LogP contribution is -2.37. The summed E-state index contributed by atoms with van der Waals surface area (Å²) >= 11 is 0. The SMILES string of the molecule is CC1Cc2cc3nc(C(N)CN)n[n+]([O-])c3cc2C1. The first kappa shape index (κ1) is 12.3. The Morgan fingerprint density at radius 3 is 2.79 bits per heavy atom. The minimum absolute atomic E-state index is 0.216. The second-order valence-corrected chi connectivity index (χ2v) is 5.31. The van der Waals surface area contributed by atoms with Crippen LogP contribution >= 0.6 is 0 Å². The quantitative estimate of drug-likeness (QED) is 0.581. The largest absolute Gasteiger partial charge is 0.594 e. The van der Waals surface area contributed by atoms with Gasteiger partial charge in [-0.25, -0.2) is 4.98 Å². The van der Waals surface area contributed by atoms with Gasteiger partial charge in [0.1, 0.15) is 5.52 Å². The Bertz CT molecular complexity index is 642. The smallest absolute Gasteiger partial charge is 0.270 e. The average Bonchev–Trinajstić information content (AvgIpc) is 2.74. The van der Waals surface area contributed by atoms with Crippen molar-refractivity contribution < 1.29 is 4.85 Å². The molecule has 6 nitrogen and oxygen atoms in total. The van der Waals surface area contributed by atoms with E-state index in [2.05, 4.69) is 17.0 Å². The van der Waals surface area contributed by atoms with Crippen molar-refractivity contribution in [3.8, 4) is 0 Å². The van der Waals surface area contributed by atoms with E-state index in [1.807, 2.05) is 12.1 Å². The van der Waals surface area contributed by atoms with E-state index >= 15 is 0 Å². The van der Waals surface area contributed by atoms with Gasteiger partial charge in [0.15, 0.2) is 0 Å². The van der Waals surface area contributed by atoms with E-state index in [1.165, 1.54) is 11.1 Å². The van der Waals surface area contributed by atoms with Crippen molar-refractivity contribution in [3.05, 3.63) is 34.3 Å². The zero-order chi connectivity index (χ0) is 13.6. The molecule has 1 aromatic heterocycles. The first-order valence-corrected chi connectivity index (χ1v) is 6.47. The molecule has 19 heavy (non-hydrogen) atoms. The standard InChI is InChI=1S/C13H17N5O/c1-7-2-8-4-11-12(5-9(8)3-7)18(19)17-13(16-11)10(15)6-14/h4-5,7,10H,2-3,6,14-15H2,1H3. The summed E-state index contributed by atoms with van der Waals surface area (Å²) in [5, 5.41) is 15.8. The van der Waals surface area contributed by atoms with Crippen LogP contribution in [0, 0.1) is 11.1 Å². The van der Waals surface area contributed by atoms with Crippen molar-refractivity contribution in [2.75, 3.05) is 6.54 Å². The molecule has 1 aromatic carbocycles. The maximum Gasteiger partial charge on any atom is 0.270 e. The van der Waals surface area contributed by atoms with Crippen LogP contribution in [0.4, 0.5) is 0 Å². The molecule has 1 aliphatic carbocycles. The van der Waals surface area contributed by atoms with Gasteiger partial charge in [0.2, 0.25) is 5.82 Å². The van der Waals surface area contributed by atoms with Gasteiger partial charge in [-0.05, 0) is 40.8 Å². The Hall–Kier alpha value is -1.79. The monoisotopic (exact) mass is 259 g/mol. The lowest BCUT2D eigenvalue weighted by Gasteiger charge is -2.08. The normalized spacial score (nSPS) is 19.6. The second kappa shape index (κ2) is 4.40. The molecule has 0 radical (unpaired) electrons. The summed E-state index contributed by atoms with van der Waals surface area (Å²) in [6.07, 6.45) is 2.04. The zero-order valence-corrected chi connectivity index (χ0v) is 10.8. The highest BCUT2D eigenvalue weighted by Gasteiger charge is 2.23. The zero-order valence-electron chi connectivity index (χ0n) is 10.8. The Morgan fingerprint density at radius 2 is 2.11 bits per heavy atom. The molecule has 2 atom stereocenters. The van der Waals surface area contributed by atoms with Crippen LogP contribution in [0.5, 0.6) is 0 Å². The third-order valence-corrected chi connectivity index (χ3v) is 3.65. The maximum atomic E-state index is 12.0. The molecule has 1 aliphatic rings. The number of aromatic nitrogens is 3. The maximum absolute atomic E-state index is 12.0. The van der Waals surface area contributed by atoms with E-state index in [0.717, 1.165) is 12.8 Å². The molecule has 1 heterocycles. The van der Waals surface area contributed by atoms with Crippen molar-refractivity contribution in [2.45, 2.75) is 25.8 Å². The van der Waals surface area contributed by atoms with Gasteiger partial charge >= 0.3 is 0 Å². The molecule has 0 bridgehead atoms. The van der Waals surface area contributed by atoms with Crippen molar-refractivity contribution in [2.24, 2.45) is 17.4 Å². The number of rotatable bonds is 2. The molecule has 0 saturated heterocycles. The van der Waals surface area contributed by atoms with Crippen molar-refractivity contribution in [3.63, 3.8) is 0 Å². The predicted molar refractivity (Wildman–Crippen MR) is 71.1 cm³/mol. The fourth-order valence-electron chi connectivity index (χ4n) is 2.66. The molecule has 0 aliphatic heterocycles. The van der Waals surface area contributed by atoms with Gasteiger partial charge in [0, 0.05) is 17.7 Å². The number of nitrogens with two attached hydrogens (primary N) is 2. The fraction of sp³-hybridized carbons (Fsp3) is 0.462. The van der Waals surface area contributed by atoms with Crippen molar-refractivity contribution in [1.29, 1.82) is 0 Å². The molecule has 4 N–H and O–H groups in total. The van der Waals surface area contributed by atoms with Crippen LogP contribution in [0.25, 0.3) is 11.0 Å². The Kier molecular flexibility index (Phi) is 2.83. The molecule has 0 spiro atoms. The van der Waals surface area contributed by atoms with E-state index in [4.69, 9.17) is 11.5 Å². The lowest BCUT2D eigenvalue weighted by atomic mass is 10.1. The summed E-state index contributed by atoms with van der Waals surface area (Å²) in [6, 6.07) is 3.38. The molecule has 2 unspecified atom stereocenters. The lowest BCUT2D eigenvalue weighted by molar-refractivity contribution is -0.644. The molecule has 100 valence electrons. The number of nitrogens with zero attached hydrogens (tertiary/aromatic N) is 3. The van der Waals surface area contributed by atoms with Gasteiger partial charge in [-0.3, -0.25) is 0 Å². The fourth-order valence-corrected chi connectivity index (χ4v) is 2.66. The summed E-state index contributed by atoms with van der Waals surface area (Å²) in [4.78, 5) is 4.98. The molecule has 3 rings (SSSR count). The van der Waals surface area contributed by atoms with E-state index in [1.54, 1.807) is 0 Å². The van der Waals surface area contributed by atoms with Gasteiger partial charge in [0.25, 0.3) is 5.52 Å². The Labute approximate surface area is 111 Å². The molecular weight excluding hydrogens is 242 g/mol. The summed E-state index contributed by atoms with van der Waals surface area (Å²) < 4.78 is 0. The van der Waals surface area contributed by atoms with Crippen LogP contribution in [0.15, 0.2) is 12.1 Å². The van der Waals surface area contributed by atoms with E-state index in [9.17, 15) is 5.21 Å². The average molecular weight is 259 g/mol. The molecule has 6 heteroatoms. The Morgan fingerprint density at radius 1 is 1.42 bits per heavy atom. The highest BCUT2D eigenvalue weighted by molar-refractivity contribution is 5.73. The van der Waals surface area contributed by atoms with Gasteiger partial charge in [-0.2, -0.15) is 0 Å². The van der Waals surface area contributed by atoms with E-state index in [0.29, 0.717) is 27.6 Å². The van der Waals surface area contributed by atoms with Gasteiger partial charge < -0.3 is 16.7 Å². The van der Waals surface area contributed by atoms with Gasteiger partial charge in [0.05, 0.1) is 6.04 Å². The van der Waals surface area contributed by atoms with Crippen LogP contribution < -0.4 is 16.3 Å². The highest BCUT2D eigenvalue weighted by atomic mass is 16.5. The van der Waals surface area contributed by atoms with Crippen molar-refractivity contribution in [1.82, 2.24) is 10.1 Å². The Balaban J connectivity index is 2.17. The van der Waals surface area contributed by atoms with Crippen LogP contribution in [0.3, 0.4) is 0 Å². The summed E-state index contributed by atoms with van der Waals surface area (Å²) in [5.74, 6) is 0.918. The molecule has 0 saturated carbocycles. The summed E-state index contributed by atoms with van der Waals surface area (Å²) in [7, 11) is 0. The molecule has 0 amide bonds. The van der Waals surface area contributed by atoms with Crippen LogP contribution in [-0.2, 0) is 12.8 Å². The number of hydrogen-bond donors (Lipinski definition) is 2. The van der Waals surface area contributed by atoms with E-state index < -0.39 is 6.04 Å². The van der Waals surface area contributed by atoms with Gasteiger partial charge in [-0.15, -0.1) is 0 Å². The molecular formula is C13H17N5O. The molecule has 2 aromatic rings. The van der Waals surface area contributed by atoms with Crippen LogP contribution in [0.1, 0.15) is 29.9 Å².